The highest BCUT2D eigenvalue weighted by Gasteiger charge is 2.09. The topological polar surface area (TPSA) is 26.0 Å². The Morgan fingerprint density at radius 1 is 1.40 bits per heavy atom. The Balaban J connectivity index is 2.78. The van der Waals surface area contributed by atoms with Crippen LogP contribution in [0.25, 0.3) is 0 Å². The average Bonchev–Trinajstić information content (AvgIpc) is 2.24. The van der Waals surface area contributed by atoms with E-state index >= 15 is 0 Å². The van der Waals surface area contributed by atoms with Crippen LogP contribution in [-0.2, 0) is 0 Å². The van der Waals surface area contributed by atoms with Gasteiger partial charge in [-0.3, -0.25) is 0 Å². The van der Waals surface area contributed by atoms with Gasteiger partial charge in [-0.15, -0.1) is 0 Å². The van der Waals surface area contributed by atoms with Crippen LogP contribution in [0.3, 0.4) is 0 Å². The summed E-state index contributed by atoms with van der Waals surface area (Å²) in [5, 5.41) is 0. The summed E-state index contributed by atoms with van der Waals surface area (Å²) in [5.41, 5.74) is 8.32. The molecule has 1 aromatic carbocycles. The molecule has 2 heteroatoms. The molecule has 0 saturated carbocycles. The summed E-state index contributed by atoms with van der Waals surface area (Å²) in [6.07, 6.45) is 3.52. The molecule has 0 spiro atoms. The normalized spacial score (nSPS) is 12.8. The second kappa shape index (κ2) is 6.29. The van der Waals surface area contributed by atoms with Gasteiger partial charge in [0.05, 0.1) is 0 Å². The van der Waals surface area contributed by atoms with Gasteiger partial charge in [-0.25, -0.2) is 0 Å². The number of benzene rings is 1. The van der Waals surface area contributed by atoms with E-state index in [1.54, 1.807) is 0 Å². The summed E-state index contributed by atoms with van der Waals surface area (Å²) in [6.45, 7) is 5.19. The Morgan fingerprint density at radius 3 is 2.67 bits per heavy atom. The molecule has 1 aromatic rings. The Bertz CT molecular complexity index is 309. The van der Waals surface area contributed by atoms with Crippen LogP contribution in [-0.4, -0.2) is 6.54 Å². The van der Waals surface area contributed by atoms with Gasteiger partial charge in [0.25, 0.3) is 0 Å². The van der Waals surface area contributed by atoms with Crippen molar-refractivity contribution in [3.8, 4) is 0 Å². The van der Waals surface area contributed by atoms with Crippen LogP contribution in [0, 0.1) is 6.92 Å². The minimum absolute atomic E-state index is 0.667. The smallest absolute Gasteiger partial charge is 0.0204 e. The van der Waals surface area contributed by atoms with Crippen molar-refractivity contribution in [1.29, 1.82) is 0 Å². The van der Waals surface area contributed by atoms with Gasteiger partial charge in [0.15, 0.2) is 0 Å². The first-order valence-corrected chi connectivity index (χ1v) is 6.44. The molecule has 0 fully saturated rings. The molecule has 0 heterocycles. The predicted molar refractivity (Wildman–Crippen MR) is 70.2 cm³/mol. The Kier molecular flexibility index (Phi) is 5.34. The van der Waals surface area contributed by atoms with Crippen LogP contribution >= 0.6 is 15.9 Å². The number of nitrogens with two attached hydrogens (primary N) is 1. The average molecular weight is 270 g/mol. The SMILES string of the molecule is CCC(CCCN)c1ccc(Br)c(C)c1. The maximum absolute atomic E-state index is 5.56. The van der Waals surface area contributed by atoms with Crippen LogP contribution in [0.1, 0.15) is 43.2 Å². The number of rotatable bonds is 5. The van der Waals surface area contributed by atoms with Crippen LogP contribution in [0.4, 0.5) is 0 Å². The van der Waals surface area contributed by atoms with Crippen molar-refractivity contribution in [1.82, 2.24) is 0 Å². The fourth-order valence-electron chi connectivity index (χ4n) is 1.89. The van der Waals surface area contributed by atoms with E-state index in [2.05, 4.69) is 48.0 Å². The van der Waals surface area contributed by atoms with Gasteiger partial charge in [0.1, 0.15) is 0 Å². The third-order valence-electron chi connectivity index (χ3n) is 2.90. The van der Waals surface area contributed by atoms with Crippen molar-refractivity contribution < 1.29 is 0 Å². The summed E-state index contributed by atoms with van der Waals surface area (Å²) in [7, 11) is 0. The van der Waals surface area contributed by atoms with Crippen molar-refractivity contribution in [2.75, 3.05) is 6.54 Å². The molecule has 0 radical (unpaired) electrons. The zero-order valence-corrected chi connectivity index (χ0v) is 11.2. The molecule has 0 amide bonds. The molecular weight excluding hydrogens is 250 g/mol. The number of hydrogen-bond acceptors (Lipinski definition) is 1. The molecule has 1 unspecified atom stereocenters. The van der Waals surface area contributed by atoms with Crippen LogP contribution in [0.2, 0.25) is 0 Å². The first-order chi connectivity index (χ1) is 7.19. The summed E-state index contributed by atoms with van der Waals surface area (Å²) < 4.78 is 1.19. The Hall–Kier alpha value is -0.340. The van der Waals surface area contributed by atoms with E-state index in [9.17, 15) is 0 Å². The highest BCUT2D eigenvalue weighted by molar-refractivity contribution is 9.10. The summed E-state index contributed by atoms with van der Waals surface area (Å²) in [5.74, 6) is 0.667. The largest absolute Gasteiger partial charge is 0.330 e. The van der Waals surface area contributed by atoms with E-state index in [1.165, 1.54) is 28.4 Å². The first-order valence-electron chi connectivity index (χ1n) is 5.65. The lowest BCUT2D eigenvalue weighted by Crippen LogP contribution is -2.04. The van der Waals surface area contributed by atoms with Gasteiger partial charge >= 0.3 is 0 Å². The second-order valence-electron chi connectivity index (χ2n) is 4.04. The van der Waals surface area contributed by atoms with Gasteiger partial charge in [0, 0.05) is 4.47 Å². The maximum atomic E-state index is 5.56. The molecule has 0 saturated heterocycles. The van der Waals surface area contributed by atoms with Crippen LogP contribution in [0.5, 0.6) is 0 Å². The van der Waals surface area contributed by atoms with E-state index < -0.39 is 0 Å². The summed E-state index contributed by atoms with van der Waals surface area (Å²) in [4.78, 5) is 0. The molecule has 0 aliphatic rings. The fourth-order valence-corrected chi connectivity index (χ4v) is 2.14. The van der Waals surface area contributed by atoms with Crippen molar-refractivity contribution in [3.63, 3.8) is 0 Å². The number of aryl methyl sites for hydroxylation is 1. The molecule has 2 N–H and O–H groups in total. The van der Waals surface area contributed by atoms with E-state index in [4.69, 9.17) is 5.73 Å². The predicted octanol–water partition coefficient (Wildman–Crippen LogP) is 3.99. The van der Waals surface area contributed by atoms with Gasteiger partial charge in [-0.2, -0.15) is 0 Å². The highest BCUT2D eigenvalue weighted by atomic mass is 79.9. The van der Waals surface area contributed by atoms with Crippen molar-refractivity contribution in [3.05, 3.63) is 33.8 Å². The second-order valence-corrected chi connectivity index (χ2v) is 4.90. The van der Waals surface area contributed by atoms with Crippen molar-refractivity contribution in [2.45, 2.75) is 39.0 Å². The third kappa shape index (κ3) is 3.62. The van der Waals surface area contributed by atoms with E-state index in [1.807, 2.05) is 0 Å². The van der Waals surface area contributed by atoms with Crippen molar-refractivity contribution >= 4 is 15.9 Å². The quantitative estimate of drug-likeness (QED) is 0.860. The highest BCUT2D eigenvalue weighted by Crippen LogP contribution is 2.27. The lowest BCUT2D eigenvalue weighted by Gasteiger charge is -2.15. The van der Waals surface area contributed by atoms with Crippen molar-refractivity contribution in [2.24, 2.45) is 5.73 Å². The summed E-state index contributed by atoms with van der Waals surface area (Å²) in [6, 6.07) is 6.66. The van der Waals surface area contributed by atoms with Gasteiger partial charge in [-0.05, 0) is 55.8 Å². The molecule has 0 bridgehead atoms. The Labute approximate surface area is 101 Å². The molecule has 1 nitrogen and oxygen atoms in total. The van der Waals surface area contributed by atoms with Gasteiger partial charge in [0.2, 0.25) is 0 Å². The van der Waals surface area contributed by atoms with E-state index in [0.717, 1.165) is 13.0 Å². The van der Waals surface area contributed by atoms with E-state index in [-0.39, 0.29) is 0 Å². The number of hydrogen-bond donors (Lipinski definition) is 1. The Morgan fingerprint density at radius 2 is 2.13 bits per heavy atom. The molecule has 1 atom stereocenters. The molecule has 84 valence electrons. The van der Waals surface area contributed by atoms with Gasteiger partial charge in [-0.1, -0.05) is 35.0 Å². The van der Waals surface area contributed by atoms with Crippen LogP contribution < -0.4 is 5.73 Å². The molecule has 0 aromatic heterocycles. The fraction of sp³-hybridized carbons (Fsp3) is 0.538. The molecular formula is C13H20BrN. The lowest BCUT2D eigenvalue weighted by atomic mass is 9.91. The zero-order chi connectivity index (χ0) is 11.3. The minimum Gasteiger partial charge on any atom is -0.330 e. The van der Waals surface area contributed by atoms with Gasteiger partial charge < -0.3 is 5.73 Å². The summed E-state index contributed by atoms with van der Waals surface area (Å²) >= 11 is 3.53. The third-order valence-corrected chi connectivity index (χ3v) is 3.79. The molecule has 1 rings (SSSR count). The molecule has 0 aliphatic heterocycles. The monoisotopic (exact) mass is 269 g/mol. The maximum Gasteiger partial charge on any atom is 0.0204 e. The first kappa shape index (κ1) is 12.7. The molecule has 0 aliphatic carbocycles. The minimum atomic E-state index is 0.667. The lowest BCUT2D eigenvalue weighted by molar-refractivity contribution is 0.580. The standard InChI is InChI=1S/C13H20BrN/c1-3-11(5-4-8-15)12-6-7-13(14)10(2)9-12/h6-7,9,11H,3-5,8,15H2,1-2H3. The van der Waals surface area contributed by atoms with E-state index in [0.29, 0.717) is 5.92 Å². The van der Waals surface area contributed by atoms with Crippen LogP contribution in [0.15, 0.2) is 22.7 Å². The zero-order valence-electron chi connectivity index (χ0n) is 9.59. The number of halogens is 1. The molecule has 15 heavy (non-hydrogen) atoms.